The molecular weight excluding hydrogens is 244 g/mol. The number of hydrogen-bond acceptors (Lipinski definition) is 4. The van der Waals surface area contributed by atoms with Gasteiger partial charge in [0.15, 0.2) is 10.8 Å². The van der Waals surface area contributed by atoms with Gasteiger partial charge in [-0.15, -0.1) is 10.2 Å². The fourth-order valence-electron chi connectivity index (χ4n) is 1.69. The van der Waals surface area contributed by atoms with Gasteiger partial charge < -0.3 is 5.73 Å². The average molecular weight is 256 g/mol. The van der Waals surface area contributed by atoms with Crippen molar-refractivity contribution in [2.75, 3.05) is 0 Å². The summed E-state index contributed by atoms with van der Waals surface area (Å²) >= 11 is 1.59. The number of nitrogens with zero attached hydrogens (tertiary/aromatic N) is 3. The summed E-state index contributed by atoms with van der Waals surface area (Å²) in [5.41, 5.74) is 7.57. The molecule has 2 aromatic heterocycles. The lowest BCUT2D eigenvalue weighted by molar-refractivity contribution is 0.921. The van der Waals surface area contributed by atoms with Crippen LogP contribution in [0.1, 0.15) is 5.56 Å². The monoisotopic (exact) mass is 256 g/mol. The maximum Gasteiger partial charge on any atom is 0.200 e. The molecule has 0 spiro atoms. The second-order valence-corrected chi connectivity index (χ2v) is 4.90. The highest BCUT2D eigenvalue weighted by atomic mass is 32.2. The summed E-state index contributed by atoms with van der Waals surface area (Å²) in [5, 5.41) is 9.17. The maximum atomic E-state index is 5.58. The van der Waals surface area contributed by atoms with E-state index < -0.39 is 0 Å². The van der Waals surface area contributed by atoms with Crippen LogP contribution < -0.4 is 5.73 Å². The van der Waals surface area contributed by atoms with Crippen LogP contribution in [0, 0.1) is 0 Å². The van der Waals surface area contributed by atoms with Crippen LogP contribution in [-0.2, 0) is 6.54 Å². The molecule has 0 amide bonds. The molecule has 2 N–H and O–H groups in total. The van der Waals surface area contributed by atoms with E-state index in [4.69, 9.17) is 5.73 Å². The third-order valence-corrected chi connectivity index (χ3v) is 3.62. The zero-order chi connectivity index (χ0) is 12.4. The molecule has 90 valence electrons. The molecule has 0 fully saturated rings. The summed E-state index contributed by atoms with van der Waals surface area (Å²) < 4.78 is 1.97. The number of aromatic nitrogens is 3. The van der Waals surface area contributed by atoms with E-state index in [-0.39, 0.29) is 0 Å². The molecule has 0 radical (unpaired) electrons. The van der Waals surface area contributed by atoms with Gasteiger partial charge >= 0.3 is 0 Å². The van der Waals surface area contributed by atoms with E-state index in [2.05, 4.69) is 22.3 Å². The Kier molecular flexibility index (Phi) is 3.00. The predicted molar refractivity (Wildman–Crippen MR) is 71.4 cm³/mol. The van der Waals surface area contributed by atoms with E-state index in [1.165, 1.54) is 0 Å². The molecule has 1 aromatic carbocycles. The van der Waals surface area contributed by atoms with Gasteiger partial charge in [-0.3, -0.25) is 4.40 Å². The Hall–Kier alpha value is -1.85. The van der Waals surface area contributed by atoms with Gasteiger partial charge in [-0.1, -0.05) is 18.2 Å². The van der Waals surface area contributed by atoms with Crippen molar-refractivity contribution in [3.8, 4) is 0 Å². The average Bonchev–Trinajstić information content (AvgIpc) is 2.83. The quantitative estimate of drug-likeness (QED) is 0.781. The Morgan fingerprint density at radius 1 is 1.06 bits per heavy atom. The molecular formula is C13H12N4S. The highest BCUT2D eigenvalue weighted by Crippen LogP contribution is 2.26. The fraction of sp³-hybridized carbons (Fsp3) is 0.0769. The van der Waals surface area contributed by atoms with E-state index in [0.29, 0.717) is 6.54 Å². The van der Waals surface area contributed by atoms with Crippen molar-refractivity contribution in [2.45, 2.75) is 16.6 Å². The Labute approximate surface area is 109 Å². The summed E-state index contributed by atoms with van der Waals surface area (Å²) in [6.07, 6.45) is 1.96. The second kappa shape index (κ2) is 4.80. The van der Waals surface area contributed by atoms with E-state index in [9.17, 15) is 0 Å². The largest absolute Gasteiger partial charge is 0.326 e. The van der Waals surface area contributed by atoms with Gasteiger partial charge in [-0.2, -0.15) is 0 Å². The Morgan fingerprint density at radius 3 is 2.67 bits per heavy atom. The lowest BCUT2D eigenvalue weighted by Gasteiger charge is -2.01. The van der Waals surface area contributed by atoms with Gasteiger partial charge in [0.1, 0.15) is 0 Å². The number of fused-ring (bicyclic) bond motifs is 1. The Morgan fingerprint density at radius 2 is 1.89 bits per heavy atom. The highest BCUT2D eigenvalue weighted by Gasteiger charge is 2.06. The van der Waals surface area contributed by atoms with Crippen molar-refractivity contribution in [3.05, 3.63) is 54.2 Å². The van der Waals surface area contributed by atoms with E-state index in [0.717, 1.165) is 21.3 Å². The first kappa shape index (κ1) is 11.3. The van der Waals surface area contributed by atoms with Crippen molar-refractivity contribution in [2.24, 2.45) is 5.73 Å². The molecule has 0 aliphatic rings. The maximum absolute atomic E-state index is 5.58. The van der Waals surface area contributed by atoms with Crippen molar-refractivity contribution in [1.82, 2.24) is 14.6 Å². The van der Waals surface area contributed by atoms with Crippen LogP contribution in [0.2, 0.25) is 0 Å². The minimum Gasteiger partial charge on any atom is -0.326 e. The van der Waals surface area contributed by atoms with Crippen LogP contribution in [0.3, 0.4) is 0 Å². The molecule has 3 rings (SSSR count). The van der Waals surface area contributed by atoms with E-state index in [1.54, 1.807) is 11.8 Å². The molecule has 5 heteroatoms. The lowest BCUT2D eigenvalue weighted by Crippen LogP contribution is -1.95. The van der Waals surface area contributed by atoms with Crippen LogP contribution in [0.25, 0.3) is 5.65 Å². The van der Waals surface area contributed by atoms with Crippen LogP contribution in [-0.4, -0.2) is 14.6 Å². The first-order valence-electron chi connectivity index (χ1n) is 5.63. The molecule has 0 unspecified atom stereocenters. The predicted octanol–water partition coefficient (Wildman–Crippen LogP) is 2.34. The number of hydrogen-bond donors (Lipinski definition) is 1. The lowest BCUT2D eigenvalue weighted by atomic mass is 10.2. The number of nitrogens with two attached hydrogens (primary N) is 1. The third kappa shape index (κ3) is 2.10. The van der Waals surface area contributed by atoms with Crippen LogP contribution in [0.15, 0.2) is 58.7 Å². The van der Waals surface area contributed by atoms with Gasteiger partial charge in [-0.25, -0.2) is 0 Å². The van der Waals surface area contributed by atoms with E-state index >= 15 is 0 Å². The highest BCUT2D eigenvalue weighted by molar-refractivity contribution is 7.99. The molecule has 0 atom stereocenters. The zero-order valence-electron chi connectivity index (χ0n) is 9.65. The molecule has 0 bridgehead atoms. The van der Waals surface area contributed by atoms with Crippen LogP contribution >= 0.6 is 11.8 Å². The summed E-state index contributed by atoms with van der Waals surface area (Å²) in [7, 11) is 0. The molecule has 3 aromatic rings. The summed E-state index contributed by atoms with van der Waals surface area (Å²) in [6.45, 7) is 0.568. The standard InChI is InChI=1S/C13H12N4S/c14-9-10-4-6-11(7-5-10)18-13-16-15-12-3-1-2-8-17(12)13/h1-8H,9,14H2. The second-order valence-electron chi connectivity index (χ2n) is 3.86. The fourth-order valence-corrected chi connectivity index (χ4v) is 2.51. The third-order valence-electron chi connectivity index (χ3n) is 2.65. The van der Waals surface area contributed by atoms with Crippen molar-refractivity contribution >= 4 is 17.4 Å². The normalized spacial score (nSPS) is 10.9. The minimum absolute atomic E-state index is 0.568. The molecule has 0 aliphatic carbocycles. The molecule has 18 heavy (non-hydrogen) atoms. The van der Waals surface area contributed by atoms with E-state index in [1.807, 2.05) is 40.9 Å². The van der Waals surface area contributed by atoms with Gasteiger partial charge in [0.2, 0.25) is 0 Å². The number of rotatable bonds is 3. The molecule has 0 saturated heterocycles. The van der Waals surface area contributed by atoms with Crippen molar-refractivity contribution in [1.29, 1.82) is 0 Å². The van der Waals surface area contributed by atoms with Gasteiger partial charge in [-0.05, 0) is 41.6 Å². The minimum atomic E-state index is 0.568. The SMILES string of the molecule is NCc1ccc(Sc2nnc3ccccn23)cc1. The first-order valence-corrected chi connectivity index (χ1v) is 6.45. The molecule has 0 aliphatic heterocycles. The van der Waals surface area contributed by atoms with Gasteiger partial charge in [0, 0.05) is 17.6 Å². The summed E-state index contributed by atoms with van der Waals surface area (Å²) in [4.78, 5) is 1.13. The smallest absolute Gasteiger partial charge is 0.200 e. The Balaban J connectivity index is 1.91. The first-order chi connectivity index (χ1) is 8.86. The van der Waals surface area contributed by atoms with Crippen LogP contribution in [0.4, 0.5) is 0 Å². The van der Waals surface area contributed by atoms with Gasteiger partial charge in [0.25, 0.3) is 0 Å². The van der Waals surface area contributed by atoms with Gasteiger partial charge in [0.05, 0.1) is 0 Å². The summed E-state index contributed by atoms with van der Waals surface area (Å²) in [5.74, 6) is 0. The molecule has 4 nitrogen and oxygen atoms in total. The van der Waals surface area contributed by atoms with Crippen molar-refractivity contribution in [3.63, 3.8) is 0 Å². The zero-order valence-corrected chi connectivity index (χ0v) is 10.5. The Bertz CT molecular complexity index is 660. The topological polar surface area (TPSA) is 56.2 Å². The van der Waals surface area contributed by atoms with Crippen LogP contribution in [0.5, 0.6) is 0 Å². The number of pyridine rings is 1. The summed E-state index contributed by atoms with van der Waals surface area (Å²) in [6, 6.07) is 14.0. The van der Waals surface area contributed by atoms with Crippen molar-refractivity contribution < 1.29 is 0 Å². The molecule has 0 saturated carbocycles. The molecule has 2 heterocycles. The number of benzene rings is 1.